The van der Waals surface area contributed by atoms with Crippen molar-refractivity contribution < 1.29 is 4.79 Å². The van der Waals surface area contributed by atoms with Crippen LogP contribution in [0.5, 0.6) is 0 Å². The fourth-order valence-electron chi connectivity index (χ4n) is 1.84. The van der Waals surface area contributed by atoms with Crippen molar-refractivity contribution in [1.29, 1.82) is 0 Å². The van der Waals surface area contributed by atoms with Crippen LogP contribution >= 0.6 is 12.2 Å². The molecule has 1 atom stereocenters. The molecule has 1 rings (SSSR count). The molecule has 1 heterocycles. The zero-order chi connectivity index (χ0) is 14.6. The Labute approximate surface area is 119 Å². The summed E-state index contributed by atoms with van der Waals surface area (Å²) in [5, 5.41) is 4.38. The highest BCUT2D eigenvalue weighted by atomic mass is 32.1. The molecule has 1 amide bonds. The fourth-order valence-corrected chi connectivity index (χ4v) is 1.91. The minimum absolute atomic E-state index is 0.00703. The molecule has 2 N–H and O–H groups in total. The molecule has 1 aromatic heterocycles. The van der Waals surface area contributed by atoms with E-state index in [0.717, 1.165) is 12.1 Å². The van der Waals surface area contributed by atoms with Gasteiger partial charge in [-0.3, -0.25) is 9.48 Å². The lowest BCUT2D eigenvalue weighted by Crippen LogP contribution is -2.36. The SMILES string of the molecule is CCc1cc(C(=O)N(C)CC(C)C(N)=S)n(CC)n1. The van der Waals surface area contributed by atoms with Gasteiger partial charge in [-0.2, -0.15) is 5.10 Å². The molecule has 5 nitrogen and oxygen atoms in total. The van der Waals surface area contributed by atoms with Crippen LogP contribution in [0.3, 0.4) is 0 Å². The first-order valence-corrected chi connectivity index (χ1v) is 6.93. The molecule has 0 aliphatic heterocycles. The number of nitrogens with two attached hydrogens (primary N) is 1. The first-order valence-electron chi connectivity index (χ1n) is 6.52. The van der Waals surface area contributed by atoms with Crippen LogP contribution in [-0.2, 0) is 13.0 Å². The molecule has 0 saturated carbocycles. The van der Waals surface area contributed by atoms with E-state index in [9.17, 15) is 4.79 Å². The molecule has 106 valence electrons. The standard InChI is InChI=1S/C13H22N4OS/c1-5-10-7-11(17(6-2)15-10)13(18)16(4)8-9(3)12(14)19/h7,9H,5-6,8H2,1-4H3,(H2,14,19). The van der Waals surface area contributed by atoms with Gasteiger partial charge in [-0.25, -0.2) is 0 Å². The zero-order valence-electron chi connectivity index (χ0n) is 12.0. The lowest BCUT2D eigenvalue weighted by Gasteiger charge is -2.21. The molecule has 0 spiro atoms. The van der Waals surface area contributed by atoms with E-state index >= 15 is 0 Å². The lowest BCUT2D eigenvalue weighted by molar-refractivity contribution is 0.0774. The van der Waals surface area contributed by atoms with Crippen molar-refractivity contribution in [2.75, 3.05) is 13.6 Å². The van der Waals surface area contributed by atoms with Gasteiger partial charge in [-0.15, -0.1) is 0 Å². The quantitative estimate of drug-likeness (QED) is 0.802. The monoisotopic (exact) mass is 282 g/mol. The van der Waals surface area contributed by atoms with Gasteiger partial charge in [0.25, 0.3) is 5.91 Å². The van der Waals surface area contributed by atoms with Crippen molar-refractivity contribution in [3.63, 3.8) is 0 Å². The smallest absolute Gasteiger partial charge is 0.271 e. The van der Waals surface area contributed by atoms with E-state index in [0.29, 0.717) is 23.8 Å². The Morgan fingerprint density at radius 3 is 2.68 bits per heavy atom. The van der Waals surface area contributed by atoms with E-state index in [1.54, 1.807) is 16.6 Å². The van der Waals surface area contributed by atoms with Crippen molar-refractivity contribution in [2.24, 2.45) is 11.7 Å². The van der Waals surface area contributed by atoms with Crippen LogP contribution in [0.25, 0.3) is 0 Å². The van der Waals surface area contributed by atoms with Crippen molar-refractivity contribution in [3.05, 3.63) is 17.5 Å². The molecule has 1 unspecified atom stereocenters. The molecule has 19 heavy (non-hydrogen) atoms. The summed E-state index contributed by atoms with van der Waals surface area (Å²) < 4.78 is 1.74. The number of aryl methyl sites for hydroxylation is 2. The van der Waals surface area contributed by atoms with Crippen LogP contribution in [0.2, 0.25) is 0 Å². The van der Waals surface area contributed by atoms with Gasteiger partial charge in [0, 0.05) is 26.1 Å². The van der Waals surface area contributed by atoms with Crippen molar-refractivity contribution in [1.82, 2.24) is 14.7 Å². The second-order valence-electron chi connectivity index (χ2n) is 4.68. The Bertz CT molecular complexity index is 469. The first-order chi connectivity index (χ1) is 8.90. The number of nitrogens with zero attached hydrogens (tertiary/aromatic N) is 3. The number of hydrogen-bond donors (Lipinski definition) is 1. The number of carbonyl (C=O) groups excluding carboxylic acids is 1. The molecule has 0 radical (unpaired) electrons. The van der Waals surface area contributed by atoms with Crippen molar-refractivity contribution >= 4 is 23.1 Å². The molecule has 1 aromatic rings. The van der Waals surface area contributed by atoms with Crippen LogP contribution in [0.15, 0.2) is 6.07 Å². The fraction of sp³-hybridized carbons (Fsp3) is 0.615. The Morgan fingerprint density at radius 2 is 2.21 bits per heavy atom. The number of rotatable bonds is 6. The van der Waals surface area contributed by atoms with Gasteiger partial charge >= 0.3 is 0 Å². The topological polar surface area (TPSA) is 64.2 Å². The third-order valence-electron chi connectivity index (χ3n) is 3.09. The summed E-state index contributed by atoms with van der Waals surface area (Å²) in [6.07, 6.45) is 0.820. The molecule has 0 aromatic carbocycles. The highest BCUT2D eigenvalue weighted by Gasteiger charge is 2.20. The van der Waals surface area contributed by atoms with Crippen molar-refractivity contribution in [2.45, 2.75) is 33.7 Å². The predicted octanol–water partition coefficient (Wildman–Crippen LogP) is 1.46. The van der Waals surface area contributed by atoms with Gasteiger partial charge in [0.05, 0.1) is 10.7 Å². The average Bonchev–Trinajstić information content (AvgIpc) is 2.80. The third-order valence-corrected chi connectivity index (χ3v) is 3.49. The minimum atomic E-state index is -0.0443. The normalized spacial score (nSPS) is 12.2. The highest BCUT2D eigenvalue weighted by molar-refractivity contribution is 7.80. The average molecular weight is 282 g/mol. The van der Waals surface area contributed by atoms with Crippen LogP contribution in [0.1, 0.15) is 37.0 Å². The molecule has 0 saturated heterocycles. The summed E-state index contributed by atoms with van der Waals surface area (Å²) in [7, 11) is 1.76. The maximum absolute atomic E-state index is 12.4. The number of carbonyl (C=O) groups is 1. The predicted molar refractivity (Wildman–Crippen MR) is 80.2 cm³/mol. The van der Waals surface area contributed by atoms with E-state index in [1.165, 1.54) is 0 Å². The van der Waals surface area contributed by atoms with E-state index in [2.05, 4.69) is 5.10 Å². The van der Waals surface area contributed by atoms with Gasteiger partial charge in [-0.1, -0.05) is 26.1 Å². The second-order valence-corrected chi connectivity index (χ2v) is 5.15. The Morgan fingerprint density at radius 1 is 1.58 bits per heavy atom. The van der Waals surface area contributed by atoms with Crippen LogP contribution < -0.4 is 5.73 Å². The summed E-state index contributed by atoms with van der Waals surface area (Å²) in [6.45, 7) is 7.11. The summed E-state index contributed by atoms with van der Waals surface area (Å²) in [5.41, 5.74) is 7.13. The van der Waals surface area contributed by atoms with Crippen LogP contribution in [0, 0.1) is 5.92 Å². The van der Waals surface area contributed by atoms with Gasteiger partial charge in [0.1, 0.15) is 5.69 Å². The second kappa shape index (κ2) is 6.65. The van der Waals surface area contributed by atoms with Gasteiger partial charge < -0.3 is 10.6 Å². The maximum atomic E-state index is 12.4. The van der Waals surface area contributed by atoms with E-state index < -0.39 is 0 Å². The van der Waals surface area contributed by atoms with Crippen molar-refractivity contribution in [3.8, 4) is 0 Å². The lowest BCUT2D eigenvalue weighted by atomic mass is 10.1. The Hall–Kier alpha value is -1.43. The molecule has 0 bridgehead atoms. The van der Waals surface area contributed by atoms with Crippen LogP contribution in [0.4, 0.5) is 0 Å². The minimum Gasteiger partial charge on any atom is -0.393 e. The molecular weight excluding hydrogens is 260 g/mol. The number of amides is 1. The van der Waals surface area contributed by atoms with E-state index in [4.69, 9.17) is 18.0 Å². The molecule has 0 fully saturated rings. The molecular formula is C13H22N4OS. The Balaban J connectivity index is 2.87. The third kappa shape index (κ3) is 3.76. The largest absolute Gasteiger partial charge is 0.393 e. The number of hydrogen-bond acceptors (Lipinski definition) is 3. The zero-order valence-corrected chi connectivity index (χ0v) is 12.8. The summed E-state index contributed by atoms with van der Waals surface area (Å²) in [5.74, 6) is -0.0373. The molecule has 0 aliphatic carbocycles. The van der Waals surface area contributed by atoms with E-state index in [1.807, 2.05) is 26.8 Å². The molecule has 6 heteroatoms. The summed E-state index contributed by atoms with van der Waals surface area (Å²) in [4.78, 5) is 14.5. The van der Waals surface area contributed by atoms with Crippen LogP contribution in [-0.4, -0.2) is 39.2 Å². The molecule has 0 aliphatic rings. The Kier molecular flexibility index (Phi) is 5.47. The van der Waals surface area contributed by atoms with Gasteiger partial charge in [0.2, 0.25) is 0 Å². The van der Waals surface area contributed by atoms with Gasteiger partial charge in [0.15, 0.2) is 0 Å². The number of aromatic nitrogens is 2. The van der Waals surface area contributed by atoms with E-state index in [-0.39, 0.29) is 11.8 Å². The first kappa shape index (κ1) is 15.6. The number of thiocarbonyl (C=S) groups is 1. The van der Waals surface area contributed by atoms with Gasteiger partial charge in [-0.05, 0) is 19.4 Å². The summed E-state index contributed by atoms with van der Waals surface area (Å²) >= 11 is 4.93. The maximum Gasteiger partial charge on any atom is 0.271 e. The highest BCUT2D eigenvalue weighted by Crippen LogP contribution is 2.10. The summed E-state index contributed by atoms with van der Waals surface area (Å²) in [6, 6.07) is 1.85.